The molecule has 0 saturated carbocycles. The predicted octanol–water partition coefficient (Wildman–Crippen LogP) is 5.06. The van der Waals surface area contributed by atoms with Crippen molar-refractivity contribution in [1.82, 2.24) is 25.1 Å². The van der Waals surface area contributed by atoms with Crippen molar-refractivity contribution >= 4 is 5.82 Å². The number of nitrogens with one attached hydrogen (secondary N) is 2. The Morgan fingerprint density at radius 2 is 2.03 bits per heavy atom. The van der Waals surface area contributed by atoms with Gasteiger partial charge in [-0.2, -0.15) is 5.10 Å². The van der Waals surface area contributed by atoms with Gasteiger partial charge >= 0.3 is 0 Å². The zero-order valence-corrected chi connectivity index (χ0v) is 19.2. The van der Waals surface area contributed by atoms with Gasteiger partial charge in [0, 0.05) is 42.0 Å². The number of anilines is 1. The summed E-state index contributed by atoms with van der Waals surface area (Å²) < 4.78 is 5.51. The first-order chi connectivity index (χ1) is 16.0. The number of hydrogen-bond acceptors (Lipinski definition) is 6. The maximum absolute atomic E-state index is 5.51. The van der Waals surface area contributed by atoms with Crippen LogP contribution >= 0.6 is 0 Å². The summed E-state index contributed by atoms with van der Waals surface area (Å²) in [6.45, 7) is 5.26. The van der Waals surface area contributed by atoms with Crippen LogP contribution in [0, 0.1) is 5.41 Å². The van der Waals surface area contributed by atoms with Gasteiger partial charge in [0.25, 0.3) is 0 Å². The van der Waals surface area contributed by atoms with Gasteiger partial charge in [0.1, 0.15) is 5.82 Å². The highest BCUT2D eigenvalue weighted by atomic mass is 16.5. The molecule has 0 atom stereocenters. The first-order valence-corrected chi connectivity index (χ1v) is 11.2. The number of ether oxygens (including phenoxy) is 1. The summed E-state index contributed by atoms with van der Waals surface area (Å²) in [7, 11) is 1.63. The minimum atomic E-state index is 0.291. The highest BCUT2D eigenvalue weighted by Gasteiger charge is 2.29. The number of fused-ring (bicyclic) bond motifs is 1. The molecule has 0 unspecified atom stereocenters. The van der Waals surface area contributed by atoms with Crippen LogP contribution in [-0.4, -0.2) is 32.3 Å². The second-order valence-electron chi connectivity index (χ2n) is 9.27. The molecule has 7 nitrogen and oxygen atoms in total. The molecule has 168 valence electrons. The first-order valence-electron chi connectivity index (χ1n) is 11.2. The van der Waals surface area contributed by atoms with Crippen LogP contribution in [0.1, 0.15) is 37.1 Å². The molecule has 5 rings (SSSR count). The van der Waals surface area contributed by atoms with Crippen LogP contribution in [0.15, 0.2) is 55.0 Å². The Morgan fingerprint density at radius 3 is 2.85 bits per heavy atom. The van der Waals surface area contributed by atoms with E-state index < -0.39 is 0 Å². The summed E-state index contributed by atoms with van der Waals surface area (Å²) in [6.07, 6.45) is 8.52. The van der Waals surface area contributed by atoms with Crippen LogP contribution in [0.3, 0.4) is 0 Å². The third kappa shape index (κ3) is 4.44. The zero-order chi connectivity index (χ0) is 22.8. The van der Waals surface area contributed by atoms with Crippen molar-refractivity contribution in [3.05, 3.63) is 71.8 Å². The van der Waals surface area contributed by atoms with Gasteiger partial charge in [-0.3, -0.25) is 10.1 Å². The molecule has 0 bridgehead atoms. The fourth-order valence-corrected chi connectivity index (χ4v) is 4.43. The molecule has 0 amide bonds. The Hall–Kier alpha value is -3.74. The summed E-state index contributed by atoms with van der Waals surface area (Å²) in [5.41, 5.74) is 7.58. The number of H-pyrrole nitrogens is 1. The number of rotatable bonds is 6. The molecule has 1 aliphatic carbocycles. The molecule has 4 heterocycles. The highest BCUT2D eigenvalue weighted by molar-refractivity contribution is 5.76. The van der Waals surface area contributed by atoms with E-state index in [9.17, 15) is 0 Å². The van der Waals surface area contributed by atoms with E-state index in [0.717, 1.165) is 53.2 Å². The zero-order valence-electron chi connectivity index (χ0n) is 19.2. The monoisotopic (exact) mass is 440 g/mol. The van der Waals surface area contributed by atoms with Gasteiger partial charge in [-0.15, -0.1) is 0 Å². The van der Waals surface area contributed by atoms with E-state index >= 15 is 0 Å². The number of nitrogens with zero attached hydrogens (tertiary/aromatic N) is 4. The quantitative estimate of drug-likeness (QED) is 0.435. The van der Waals surface area contributed by atoms with Gasteiger partial charge in [0.05, 0.1) is 24.1 Å². The summed E-state index contributed by atoms with van der Waals surface area (Å²) in [5.74, 6) is 1.32. The lowest BCUT2D eigenvalue weighted by Crippen LogP contribution is -2.21. The summed E-state index contributed by atoms with van der Waals surface area (Å²) in [4.78, 5) is 13.4. The van der Waals surface area contributed by atoms with Gasteiger partial charge in [0.2, 0.25) is 5.88 Å². The standard InChI is InChI=1S/C26H28N6O/c1-26(2)9-8-19-22(14-26)31-32-24(19)18-12-21(20-7-5-11-28-25(20)33-3)30-23(13-18)29-16-17-6-4-10-27-15-17/h4-7,10-13,15H,8-9,14,16H2,1-3H3,(H,29,30)(H,31,32). The summed E-state index contributed by atoms with van der Waals surface area (Å²) in [6, 6.07) is 12.0. The van der Waals surface area contributed by atoms with Crippen molar-refractivity contribution in [2.75, 3.05) is 12.4 Å². The number of pyridine rings is 3. The molecule has 4 aromatic heterocycles. The molecule has 7 heteroatoms. The van der Waals surface area contributed by atoms with E-state index in [2.05, 4.69) is 46.4 Å². The fourth-order valence-electron chi connectivity index (χ4n) is 4.43. The normalized spacial score (nSPS) is 14.5. The first kappa shape index (κ1) is 21.1. The Morgan fingerprint density at radius 1 is 1.15 bits per heavy atom. The molecule has 0 aromatic carbocycles. The third-order valence-electron chi connectivity index (χ3n) is 6.20. The Kier molecular flexibility index (Phi) is 5.54. The Labute approximate surface area is 193 Å². The molecule has 0 radical (unpaired) electrons. The number of aromatic amines is 1. The van der Waals surface area contributed by atoms with Gasteiger partial charge in [-0.05, 0) is 60.6 Å². The smallest absolute Gasteiger partial charge is 0.222 e. The van der Waals surface area contributed by atoms with E-state index in [1.807, 2.05) is 30.5 Å². The van der Waals surface area contributed by atoms with Gasteiger partial charge < -0.3 is 10.1 Å². The van der Waals surface area contributed by atoms with Crippen molar-refractivity contribution in [3.8, 4) is 28.4 Å². The van der Waals surface area contributed by atoms with Crippen LogP contribution in [0.4, 0.5) is 5.82 Å². The molecule has 33 heavy (non-hydrogen) atoms. The summed E-state index contributed by atoms with van der Waals surface area (Å²) in [5, 5.41) is 11.5. The van der Waals surface area contributed by atoms with Crippen molar-refractivity contribution in [2.24, 2.45) is 5.41 Å². The van der Waals surface area contributed by atoms with E-state index in [1.165, 1.54) is 11.3 Å². The molecular formula is C26H28N6O. The lowest BCUT2D eigenvalue weighted by molar-refractivity contribution is 0.312. The molecular weight excluding hydrogens is 412 g/mol. The van der Waals surface area contributed by atoms with E-state index in [-0.39, 0.29) is 0 Å². The lowest BCUT2D eigenvalue weighted by Gasteiger charge is -2.29. The topological polar surface area (TPSA) is 88.6 Å². The molecule has 0 saturated heterocycles. The Balaban J connectivity index is 1.57. The van der Waals surface area contributed by atoms with Gasteiger partial charge in [0.15, 0.2) is 0 Å². The van der Waals surface area contributed by atoms with Crippen molar-refractivity contribution in [3.63, 3.8) is 0 Å². The molecule has 1 aliphatic rings. The van der Waals surface area contributed by atoms with E-state index in [0.29, 0.717) is 17.8 Å². The minimum absolute atomic E-state index is 0.291. The predicted molar refractivity (Wildman–Crippen MR) is 129 cm³/mol. The molecule has 4 aromatic rings. The van der Waals surface area contributed by atoms with Crippen LogP contribution in [0.5, 0.6) is 5.88 Å². The van der Waals surface area contributed by atoms with E-state index in [1.54, 1.807) is 19.5 Å². The molecule has 0 aliphatic heterocycles. The van der Waals surface area contributed by atoms with Crippen LogP contribution in [0.2, 0.25) is 0 Å². The van der Waals surface area contributed by atoms with Gasteiger partial charge in [-0.1, -0.05) is 19.9 Å². The lowest BCUT2D eigenvalue weighted by atomic mass is 9.76. The SMILES string of the molecule is COc1ncccc1-c1cc(-c2n[nH]c3c2CCC(C)(C)C3)cc(NCc2cccnc2)n1. The molecule has 0 spiro atoms. The number of methoxy groups -OCH3 is 1. The second-order valence-corrected chi connectivity index (χ2v) is 9.27. The van der Waals surface area contributed by atoms with Crippen LogP contribution in [-0.2, 0) is 19.4 Å². The largest absolute Gasteiger partial charge is 0.481 e. The maximum atomic E-state index is 5.51. The molecule has 2 N–H and O–H groups in total. The Bertz CT molecular complexity index is 1270. The summed E-state index contributed by atoms with van der Waals surface area (Å²) >= 11 is 0. The van der Waals surface area contributed by atoms with Crippen molar-refractivity contribution in [2.45, 2.75) is 39.7 Å². The minimum Gasteiger partial charge on any atom is -0.481 e. The number of hydrogen-bond donors (Lipinski definition) is 2. The average Bonchev–Trinajstić information content (AvgIpc) is 3.25. The van der Waals surface area contributed by atoms with Crippen LogP contribution < -0.4 is 10.1 Å². The number of aromatic nitrogens is 5. The highest BCUT2D eigenvalue weighted by Crippen LogP contribution is 2.39. The van der Waals surface area contributed by atoms with Crippen LogP contribution in [0.25, 0.3) is 22.5 Å². The average molecular weight is 441 g/mol. The molecule has 0 fully saturated rings. The van der Waals surface area contributed by atoms with Gasteiger partial charge in [-0.25, -0.2) is 9.97 Å². The fraction of sp³-hybridized carbons (Fsp3) is 0.308. The van der Waals surface area contributed by atoms with E-state index in [4.69, 9.17) is 14.8 Å². The second kappa shape index (κ2) is 8.65. The van der Waals surface area contributed by atoms with Crippen molar-refractivity contribution < 1.29 is 4.74 Å². The third-order valence-corrected chi connectivity index (χ3v) is 6.20. The maximum Gasteiger partial charge on any atom is 0.222 e. The van der Waals surface area contributed by atoms with Crippen molar-refractivity contribution in [1.29, 1.82) is 0 Å².